The molecule has 0 aliphatic heterocycles. The molecule has 0 saturated heterocycles. The maximum atomic E-state index is 10.2. The van der Waals surface area contributed by atoms with Gasteiger partial charge in [-0.1, -0.05) is 6.07 Å². The summed E-state index contributed by atoms with van der Waals surface area (Å²) < 4.78 is 0. The van der Waals surface area contributed by atoms with Crippen molar-refractivity contribution in [2.75, 3.05) is 0 Å². The lowest BCUT2D eigenvalue weighted by Crippen LogP contribution is -1.95. The van der Waals surface area contributed by atoms with Gasteiger partial charge in [-0.3, -0.25) is 0 Å². The SMILES string of the molecule is NCc1c[c]cc(C=CC(=O)O)c1. The number of hydrogen-bond acceptors (Lipinski definition) is 2. The largest absolute Gasteiger partial charge is 0.478 e. The van der Waals surface area contributed by atoms with Crippen molar-refractivity contribution in [1.82, 2.24) is 0 Å². The fourth-order valence-corrected chi connectivity index (χ4v) is 0.924. The Kier molecular flexibility index (Phi) is 3.23. The monoisotopic (exact) mass is 176 g/mol. The van der Waals surface area contributed by atoms with E-state index in [1.807, 2.05) is 6.07 Å². The molecule has 0 atom stereocenters. The van der Waals surface area contributed by atoms with Crippen molar-refractivity contribution in [2.45, 2.75) is 6.54 Å². The third-order valence-corrected chi connectivity index (χ3v) is 1.52. The molecule has 0 fully saturated rings. The van der Waals surface area contributed by atoms with E-state index >= 15 is 0 Å². The average Bonchev–Trinajstić information content (AvgIpc) is 2.15. The summed E-state index contributed by atoms with van der Waals surface area (Å²) in [5, 5.41) is 8.38. The van der Waals surface area contributed by atoms with Gasteiger partial charge in [-0.25, -0.2) is 4.79 Å². The van der Waals surface area contributed by atoms with E-state index in [1.54, 1.807) is 12.1 Å². The molecule has 3 nitrogen and oxygen atoms in total. The topological polar surface area (TPSA) is 63.3 Å². The molecule has 13 heavy (non-hydrogen) atoms. The molecule has 3 N–H and O–H groups in total. The molecular formula is C10H10NO2. The lowest BCUT2D eigenvalue weighted by molar-refractivity contribution is -0.131. The number of carbonyl (C=O) groups is 1. The van der Waals surface area contributed by atoms with Gasteiger partial charge >= 0.3 is 5.97 Å². The highest BCUT2D eigenvalue weighted by atomic mass is 16.4. The van der Waals surface area contributed by atoms with E-state index in [-0.39, 0.29) is 0 Å². The van der Waals surface area contributed by atoms with E-state index in [0.29, 0.717) is 6.54 Å². The van der Waals surface area contributed by atoms with Crippen molar-refractivity contribution in [3.63, 3.8) is 0 Å². The van der Waals surface area contributed by atoms with Crippen LogP contribution in [0.2, 0.25) is 0 Å². The van der Waals surface area contributed by atoms with Gasteiger partial charge in [-0.05, 0) is 35.4 Å². The first-order valence-corrected chi connectivity index (χ1v) is 3.83. The van der Waals surface area contributed by atoms with Crippen LogP contribution >= 0.6 is 0 Å². The predicted octanol–water partition coefficient (Wildman–Crippen LogP) is 1.04. The van der Waals surface area contributed by atoms with Crippen molar-refractivity contribution >= 4 is 12.0 Å². The zero-order chi connectivity index (χ0) is 9.68. The van der Waals surface area contributed by atoms with Crippen LogP contribution in [0, 0.1) is 6.07 Å². The summed E-state index contributed by atoms with van der Waals surface area (Å²) in [4.78, 5) is 10.2. The van der Waals surface area contributed by atoms with Gasteiger partial charge < -0.3 is 10.8 Å². The van der Waals surface area contributed by atoms with Crippen molar-refractivity contribution < 1.29 is 9.90 Å². The molecule has 0 aliphatic rings. The van der Waals surface area contributed by atoms with Crippen molar-refractivity contribution in [3.8, 4) is 0 Å². The van der Waals surface area contributed by atoms with Crippen LogP contribution in [0.15, 0.2) is 24.3 Å². The smallest absolute Gasteiger partial charge is 0.328 e. The number of rotatable bonds is 3. The second-order valence-corrected chi connectivity index (χ2v) is 2.55. The molecule has 1 aromatic rings. The minimum absolute atomic E-state index is 0.436. The standard InChI is InChI=1S/C10H10NO2/c11-7-9-3-1-2-8(6-9)4-5-10(12)13/h2-6H,7,11H2,(H,12,13). The second kappa shape index (κ2) is 4.42. The Morgan fingerprint density at radius 1 is 1.62 bits per heavy atom. The lowest BCUT2D eigenvalue weighted by atomic mass is 10.1. The Morgan fingerprint density at radius 3 is 3.00 bits per heavy atom. The van der Waals surface area contributed by atoms with Crippen molar-refractivity contribution in [2.24, 2.45) is 5.73 Å². The summed E-state index contributed by atoms with van der Waals surface area (Å²) in [5.41, 5.74) is 7.15. The normalized spacial score (nSPS) is 10.5. The number of carboxylic acid groups (broad SMARTS) is 1. The molecule has 0 saturated carbocycles. The van der Waals surface area contributed by atoms with Crippen LogP contribution in [0.3, 0.4) is 0 Å². The van der Waals surface area contributed by atoms with E-state index in [9.17, 15) is 4.79 Å². The minimum atomic E-state index is -0.960. The van der Waals surface area contributed by atoms with Crippen LogP contribution in [-0.2, 0) is 11.3 Å². The molecule has 3 heteroatoms. The molecule has 0 unspecified atom stereocenters. The van der Waals surface area contributed by atoms with Gasteiger partial charge in [0, 0.05) is 12.6 Å². The number of nitrogens with two attached hydrogens (primary N) is 1. The van der Waals surface area contributed by atoms with Crippen LogP contribution < -0.4 is 5.73 Å². The number of benzene rings is 1. The maximum Gasteiger partial charge on any atom is 0.328 e. The maximum absolute atomic E-state index is 10.2. The van der Waals surface area contributed by atoms with Crippen LogP contribution in [0.5, 0.6) is 0 Å². The molecule has 0 bridgehead atoms. The van der Waals surface area contributed by atoms with Gasteiger partial charge in [0.2, 0.25) is 0 Å². The van der Waals surface area contributed by atoms with E-state index in [0.717, 1.165) is 17.2 Å². The average molecular weight is 176 g/mol. The van der Waals surface area contributed by atoms with Gasteiger partial charge in [0.1, 0.15) is 0 Å². The molecule has 1 aromatic carbocycles. The molecule has 1 rings (SSSR count). The Labute approximate surface area is 76.5 Å². The van der Waals surface area contributed by atoms with Crippen LogP contribution in [0.25, 0.3) is 6.08 Å². The zero-order valence-electron chi connectivity index (χ0n) is 7.03. The summed E-state index contributed by atoms with van der Waals surface area (Å²) in [6.45, 7) is 0.436. The fourth-order valence-electron chi connectivity index (χ4n) is 0.924. The number of carboxylic acids is 1. The summed E-state index contributed by atoms with van der Waals surface area (Å²) in [6.07, 6.45) is 2.60. The highest BCUT2D eigenvalue weighted by Crippen LogP contribution is 2.05. The summed E-state index contributed by atoms with van der Waals surface area (Å²) >= 11 is 0. The zero-order valence-corrected chi connectivity index (χ0v) is 7.03. The van der Waals surface area contributed by atoms with E-state index < -0.39 is 5.97 Å². The molecular weight excluding hydrogens is 166 g/mol. The van der Waals surface area contributed by atoms with Gasteiger partial charge in [0.25, 0.3) is 0 Å². The van der Waals surface area contributed by atoms with Crippen molar-refractivity contribution in [3.05, 3.63) is 41.5 Å². The molecule has 0 amide bonds. The van der Waals surface area contributed by atoms with Crippen LogP contribution in [0.1, 0.15) is 11.1 Å². The summed E-state index contributed by atoms with van der Waals surface area (Å²) in [5.74, 6) is -0.960. The molecule has 0 spiro atoms. The summed E-state index contributed by atoms with van der Waals surface area (Å²) in [7, 11) is 0. The van der Waals surface area contributed by atoms with Gasteiger partial charge in [-0.15, -0.1) is 0 Å². The fraction of sp³-hybridized carbons (Fsp3) is 0.100. The quantitative estimate of drug-likeness (QED) is 0.676. The Balaban J connectivity index is 2.83. The van der Waals surface area contributed by atoms with Gasteiger partial charge in [0.15, 0.2) is 0 Å². The molecule has 1 radical (unpaired) electrons. The van der Waals surface area contributed by atoms with E-state index in [1.165, 1.54) is 6.08 Å². The third-order valence-electron chi connectivity index (χ3n) is 1.52. The molecule has 0 aromatic heterocycles. The van der Waals surface area contributed by atoms with Gasteiger partial charge in [0.05, 0.1) is 0 Å². The first-order valence-electron chi connectivity index (χ1n) is 3.83. The molecule has 0 heterocycles. The first-order chi connectivity index (χ1) is 6.22. The molecule has 0 aliphatic carbocycles. The Bertz CT molecular complexity index is 331. The van der Waals surface area contributed by atoms with Gasteiger partial charge in [-0.2, -0.15) is 0 Å². The van der Waals surface area contributed by atoms with Crippen LogP contribution in [-0.4, -0.2) is 11.1 Å². The van der Waals surface area contributed by atoms with E-state index in [2.05, 4.69) is 6.07 Å². The minimum Gasteiger partial charge on any atom is -0.478 e. The summed E-state index contributed by atoms with van der Waals surface area (Å²) in [6, 6.07) is 8.19. The second-order valence-electron chi connectivity index (χ2n) is 2.55. The first kappa shape index (κ1) is 9.48. The number of hydrogen-bond donors (Lipinski definition) is 2. The molecule has 67 valence electrons. The number of aliphatic carboxylic acids is 1. The predicted molar refractivity (Wildman–Crippen MR) is 49.8 cm³/mol. The Morgan fingerprint density at radius 2 is 2.38 bits per heavy atom. The Hall–Kier alpha value is -1.61. The highest BCUT2D eigenvalue weighted by molar-refractivity contribution is 5.85. The van der Waals surface area contributed by atoms with Crippen LogP contribution in [0.4, 0.5) is 0 Å². The van der Waals surface area contributed by atoms with E-state index in [4.69, 9.17) is 10.8 Å². The third kappa shape index (κ3) is 3.09. The highest BCUT2D eigenvalue weighted by Gasteiger charge is 1.91. The lowest BCUT2D eigenvalue weighted by Gasteiger charge is -1.96. The van der Waals surface area contributed by atoms with Crippen molar-refractivity contribution in [1.29, 1.82) is 0 Å².